The van der Waals surface area contributed by atoms with Gasteiger partial charge in [0.2, 0.25) is 0 Å². The summed E-state index contributed by atoms with van der Waals surface area (Å²) in [6.45, 7) is 0. The molecule has 0 bridgehead atoms. The molecule has 12 heavy (non-hydrogen) atoms. The van der Waals surface area contributed by atoms with Gasteiger partial charge in [-0.2, -0.15) is 8.78 Å². The fourth-order valence-corrected chi connectivity index (χ4v) is 1.70. The van der Waals surface area contributed by atoms with Crippen molar-refractivity contribution in [3.8, 4) is 0 Å². The summed E-state index contributed by atoms with van der Waals surface area (Å²) in [6.07, 6.45) is 0. The van der Waals surface area contributed by atoms with Gasteiger partial charge in [-0.1, -0.05) is 30.3 Å². The molecule has 3 heteroatoms. The van der Waals surface area contributed by atoms with Crippen LogP contribution in [0.3, 0.4) is 0 Å². The molecule has 0 nitrogen and oxygen atoms in total. The first-order valence-electron chi connectivity index (χ1n) is 3.48. The molecule has 0 amide bonds. The van der Waals surface area contributed by atoms with Crippen molar-refractivity contribution in [2.45, 2.75) is 5.92 Å². The number of alkyl halides is 2. The Morgan fingerprint density at radius 1 is 1.08 bits per heavy atom. The predicted molar refractivity (Wildman–Crippen MR) is 47.2 cm³/mol. The van der Waals surface area contributed by atoms with E-state index in [0.29, 0.717) is 5.56 Å². The van der Waals surface area contributed by atoms with E-state index >= 15 is 0 Å². The minimum Gasteiger partial charge on any atom is -0.195 e. The molecule has 0 unspecified atom stereocenters. The molecule has 1 aromatic carbocycles. The smallest absolute Gasteiger partial charge is 0.195 e. The van der Waals surface area contributed by atoms with Crippen LogP contribution in [0.25, 0.3) is 5.57 Å². The summed E-state index contributed by atoms with van der Waals surface area (Å²) in [5.74, 6) is -2.72. The van der Waals surface area contributed by atoms with Crippen molar-refractivity contribution >= 4 is 21.5 Å². The molecule has 0 heterocycles. The van der Waals surface area contributed by atoms with Crippen LogP contribution in [0.5, 0.6) is 0 Å². The van der Waals surface area contributed by atoms with Crippen molar-refractivity contribution in [1.82, 2.24) is 0 Å². The lowest BCUT2D eigenvalue weighted by Gasteiger charge is -1.95. The maximum absolute atomic E-state index is 12.8. The summed E-state index contributed by atoms with van der Waals surface area (Å²) in [6, 6.07) is 8.65. The van der Waals surface area contributed by atoms with E-state index in [0.717, 1.165) is 0 Å². The van der Waals surface area contributed by atoms with Crippen LogP contribution in [0.15, 0.2) is 34.8 Å². The van der Waals surface area contributed by atoms with Crippen LogP contribution >= 0.6 is 15.9 Å². The monoisotopic (exact) mass is 230 g/mol. The molecular formula is C9H5BrF2. The Bertz CT molecular complexity index is 341. The van der Waals surface area contributed by atoms with E-state index in [2.05, 4.69) is 15.9 Å². The molecule has 62 valence electrons. The van der Waals surface area contributed by atoms with E-state index in [-0.39, 0.29) is 10.1 Å². The summed E-state index contributed by atoms with van der Waals surface area (Å²) >= 11 is 2.84. The topological polar surface area (TPSA) is 0 Å². The highest BCUT2D eigenvalue weighted by Crippen LogP contribution is 2.58. The largest absolute Gasteiger partial charge is 0.306 e. The number of halogens is 3. The van der Waals surface area contributed by atoms with E-state index in [4.69, 9.17) is 0 Å². The Morgan fingerprint density at radius 3 is 2.00 bits per heavy atom. The van der Waals surface area contributed by atoms with Gasteiger partial charge in [0.05, 0.1) is 4.48 Å². The lowest BCUT2D eigenvalue weighted by Crippen LogP contribution is -1.94. The molecule has 1 aliphatic carbocycles. The molecule has 0 N–H and O–H groups in total. The average Bonchev–Trinajstić information content (AvgIpc) is 2.53. The van der Waals surface area contributed by atoms with Gasteiger partial charge < -0.3 is 0 Å². The maximum atomic E-state index is 12.8. The zero-order chi connectivity index (χ0) is 8.77. The lowest BCUT2D eigenvalue weighted by atomic mass is 10.2. The highest BCUT2D eigenvalue weighted by atomic mass is 79.9. The second kappa shape index (κ2) is 2.39. The fraction of sp³-hybridized carbons (Fsp3) is 0.111. The minimum absolute atomic E-state index is 0.0150. The first-order valence-corrected chi connectivity index (χ1v) is 4.27. The van der Waals surface area contributed by atoms with Gasteiger partial charge in [0.1, 0.15) is 0 Å². The van der Waals surface area contributed by atoms with Crippen LogP contribution in [-0.4, -0.2) is 5.92 Å². The molecule has 0 atom stereocenters. The van der Waals surface area contributed by atoms with Crippen LogP contribution in [0.4, 0.5) is 8.78 Å². The summed E-state index contributed by atoms with van der Waals surface area (Å²) in [4.78, 5) is 0. The van der Waals surface area contributed by atoms with E-state index in [1.54, 1.807) is 30.3 Å². The molecule has 0 aliphatic heterocycles. The molecule has 0 saturated heterocycles. The standard InChI is InChI=1S/C9H5BrF2/c10-8-7(9(8,11)12)6-4-2-1-3-5-6/h1-5H. The normalized spacial score (nSPS) is 19.6. The van der Waals surface area contributed by atoms with Gasteiger partial charge in [0, 0.05) is 5.57 Å². The average molecular weight is 231 g/mol. The molecule has 0 radical (unpaired) electrons. The summed E-state index contributed by atoms with van der Waals surface area (Å²) < 4.78 is 25.5. The Kier molecular flexibility index (Phi) is 1.58. The van der Waals surface area contributed by atoms with Gasteiger partial charge in [0.25, 0.3) is 0 Å². The zero-order valence-corrected chi connectivity index (χ0v) is 7.61. The lowest BCUT2D eigenvalue weighted by molar-refractivity contribution is 0.157. The third-order valence-electron chi connectivity index (χ3n) is 1.81. The molecule has 0 aromatic heterocycles. The molecular weight excluding hydrogens is 226 g/mol. The van der Waals surface area contributed by atoms with Crippen molar-refractivity contribution < 1.29 is 8.78 Å². The van der Waals surface area contributed by atoms with Crippen molar-refractivity contribution in [3.63, 3.8) is 0 Å². The van der Waals surface area contributed by atoms with E-state index in [1.807, 2.05) is 0 Å². The van der Waals surface area contributed by atoms with Crippen molar-refractivity contribution in [2.24, 2.45) is 0 Å². The molecule has 1 aromatic rings. The summed E-state index contributed by atoms with van der Waals surface area (Å²) in [5.41, 5.74) is 0.706. The van der Waals surface area contributed by atoms with Crippen molar-refractivity contribution in [2.75, 3.05) is 0 Å². The number of benzene rings is 1. The van der Waals surface area contributed by atoms with Gasteiger partial charge in [-0.25, -0.2) is 0 Å². The Labute approximate surface area is 77.0 Å². The van der Waals surface area contributed by atoms with Crippen LogP contribution < -0.4 is 0 Å². The van der Waals surface area contributed by atoms with Gasteiger partial charge in [-0.15, -0.1) is 0 Å². The molecule has 0 spiro atoms. The molecule has 1 aliphatic rings. The molecule has 2 rings (SSSR count). The van der Waals surface area contributed by atoms with Crippen LogP contribution in [0.1, 0.15) is 5.56 Å². The summed E-state index contributed by atoms with van der Waals surface area (Å²) in [7, 11) is 0. The second-order valence-corrected chi connectivity index (χ2v) is 3.42. The number of rotatable bonds is 1. The molecule has 0 fully saturated rings. The van der Waals surface area contributed by atoms with Gasteiger partial charge in [-0.05, 0) is 21.5 Å². The first kappa shape index (κ1) is 7.92. The number of hydrogen-bond donors (Lipinski definition) is 0. The fourth-order valence-electron chi connectivity index (χ4n) is 1.12. The predicted octanol–water partition coefficient (Wildman–Crippen LogP) is 3.44. The zero-order valence-electron chi connectivity index (χ0n) is 6.02. The van der Waals surface area contributed by atoms with Crippen molar-refractivity contribution in [3.05, 3.63) is 40.4 Å². The summed E-state index contributed by atoms with van der Waals surface area (Å²) in [5, 5.41) is 0. The highest BCUT2D eigenvalue weighted by molar-refractivity contribution is 9.12. The Morgan fingerprint density at radius 2 is 1.58 bits per heavy atom. The third kappa shape index (κ3) is 1.00. The quantitative estimate of drug-likeness (QED) is 0.694. The minimum atomic E-state index is -2.72. The first-order chi connectivity index (χ1) is 5.64. The van der Waals surface area contributed by atoms with Crippen LogP contribution in [0, 0.1) is 0 Å². The van der Waals surface area contributed by atoms with E-state index < -0.39 is 5.92 Å². The molecule has 0 saturated carbocycles. The maximum Gasteiger partial charge on any atom is 0.306 e. The van der Waals surface area contributed by atoms with Gasteiger partial charge in [-0.3, -0.25) is 0 Å². The SMILES string of the molecule is FC1(F)C(Br)=C1c1ccccc1. The van der Waals surface area contributed by atoms with Gasteiger partial charge >= 0.3 is 5.92 Å². The Hall–Kier alpha value is -0.700. The van der Waals surface area contributed by atoms with Gasteiger partial charge in [0.15, 0.2) is 0 Å². The van der Waals surface area contributed by atoms with Crippen molar-refractivity contribution in [1.29, 1.82) is 0 Å². The third-order valence-corrected chi connectivity index (χ3v) is 2.70. The van der Waals surface area contributed by atoms with E-state index in [9.17, 15) is 8.78 Å². The van der Waals surface area contributed by atoms with Crippen LogP contribution in [-0.2, 0) is 0 Å². The number of allylic oxidation sites excluding steroid dienone is 2. The Balaban J connectivity index is 2.37. The highest BCUT2D eigenvalue weighted by Gasteiger charge is 2.55. The second-order valence-electron chi connectivity index (χ2n) is 2.63. The van der Waals surface area contributed by atoms with E-state index in [1.165, 1.54) is 0 Å². The van der Waals surface area contributed by atoms with Crippen LogP contribution in [0.2, 0.25) is 0 Å². The number of hydrogen-bond acceptors (Lipinski definition) is 0.